The Morgan fingerprint density at radius 1 is 0.247 bits per heavy atom. The lowest BCUT2D eigenvalue weighted by Crippen LogP contribution is -2.30. The van der Waals surface area contributed by atoms with Gasteiger partial charge in [-0.25, -0.2) is 0 Å². The molecule has 1 atom stereocenters. The summed E-state index contributed by atoms with van der Waals surface area (Å²) in [6, 6.07) is 0. The van der Waals surface area contributed by atoms with Crippen molar-refractivity contribution < 1.29 is 28.6 Å². The average molecular weight is 1130 g/mol. The highest BCUT2D eigenvalue weighted by Gasteiger charge is 2.19. The molecule has 0 heterocycles. The van der Waals surface area contributed by atoms with E-state index in [9.17, 15) is 14.4 Å². The van der Waals surface area contributed by atoms with Crippen molar-refractivity contribution in [2.75, 3.05) is 13.2 Å². The number of esters is 3. The molecule has 0 spiro atoms. The van der Waals surface area contributed by atoms with Crippen molar-refractivity contribution in [1.29, 1.82) is 0 Å². The maximum atomic E-state index is 12.9. The van der Waals surface area contributed by atoms with Crippen LogP contribution in [-0.2, 0) is 28.6 Å². The van der Waals surface area contributed by atoms with E-state index < -0.39 is 6.10 Å². The molecule has 0 aliphatic heterocycles. The highest BCUT2D eigenvalue weighted by atomic mass is 16.6. The molecule has 0 aromatic heterocycles. The molecule has 0 saturated heterocycles. The minimum atomic E-state index is -0.786. The van der Waals surface area contributed by atoms with Gasteiger partial charge in [-0.15, -0.1) is 0 Å². The summed E-state index contributed by atoms with van der Waals surface area (Å²) in [5.41, 5.74) is 0. The first-order valence-electron chi connectivity index (χ1n) is 35.4. The normalized spacial score (nSPS) is 12.5. The molecule has 0 bridgehead atoms. The molecule has 0 fully saturated rings. The second kappa shape index (κ2) is 69.3. The van der Waals surface area contributed by atoms with Crippen molar-refractivity contribution in [3.63, 3.8) is 0 Å². The number of allylic oxidation sites excluding steroid dienone is 12. The topological polar surface area (TPSA) is 78.9 Å². The average Bonchev–Trinajstić information content (AvgIpc) is 3.47. The van der Waals surface area contributed by atoms with E-state index in [-0.39, 0.29) is 31.1 Å². The Kier molecular flexibility index (Phi) is 66.6. The SMILES string of the molecule is CCCCCC/C=C\C/C=C\CCCCCCCC(=O)OC(COC(=O)CCCCCCC/C=C\CCCCCCC)COC(=O)CCCCCCCCCCCCCCCCCCCC/C=C\C/C=C\C/C=C\CCCCCCC. The third-order valence-electron chi connectivity index (χ3n) is 15.7. The Morgan fingerprint density at radius 2 is 0.444 bits per heavy atom. The van der Waals surface area contributed by atoms with Gasteiger partial charge in [0, 0.05) is 19.3 Å². The Bertz CT molecular complexity index is 1490. The summed E-state index contributed by atoms with van der Waals surface area (Å²) in [6.45, 7) is 6.63. The minimum Gasteiger partial charge on any atom is -0.462 e. The molecule has 470 valence electrons. The Balaban J connectivity index is 4.17. The third kappa shape index (κ3) is 67.5. The van der Waals surface area contributed by atoms with Gasteiger partial charge >= 0.3 is 17.9 Å². The lowest BCUT2D eigenvalue weighted by atomic mass is 10.0. The molecule has 0 radical (unpaired) electrons. The summed E-state index contributed by atoms with van der Waals surface area (Å²) < 4.78 is 16.9. The Labute approximate surface area is 503 Å². The van der Waals surface area contributed by atoms with E-state index in [4.69, 9.17) is 14.2 Å². The molecular weight excluding hydrogens is 997 g/mol. The van der Waals surface area contributed by atoms with Crippen LogP contribution < -0.4 is 0 Å². The van der Waals surface area contributed by atoms with Gasteiger partial charge in [-0.3, -0.25) is 14.4 Å². The molecule has 81 heavy (non-hydrogen) atoms. The highest BCUT2D eigenvalue weighted by molar-refractivity contribution is 5.71. The number of carbonyl (C=O) groups is 3. The van der Waals surface area contributed by atoms with Crippen LogP contribution in [0.5, 0.6) is 0 Å². The largest absolute Gasteiger partial charge is 0.462 e. The first-order valence-corrected chi connectivity index (χ1v) is 35.4. The van der Waals surface area contributed by atoms with Crippen LogP contribution in [-0.4, -0.2) is 37.2 Å². The zero-order chi connectivity index (χ0) is 58.5. The van der Waals surface area contributed by atoms with Crippen LogP contribution in [0.15, 0.2) is 72.9 Å². The van der Waals surface area contributed by atoms with Crippen LogP contribution >= 0.6 is 0 Å². The molecular formula is C75H134O6. The van der Waals surface area contributed by atoms with Gasteiger partial charge in [-0.1, -0.05) is 306 Å². The van der Waals surface area contributed by atoms with E-state index in [1.54, 1.807) is 0 Å². The second-order valence-electron chi connectivity index (χ2n) is 23.8. The van der Waals surface area contributed by atoms with Crippen molar-refractivity contribution in [2.45, 2.75) is 374 Å². The predicted octanol–water partition coefficient (Wildman–Crippen LogP) is 24.4. The van der Waals surface area contributed by atoms with Crippen molar-refractivity contribution in [2.24, 2.45) is 0 Å². The fraction of sp³-hybridized carbons (Fsp3) is 0.800. The van der Waals surface area contributed by atoms with E-state index in [2.05, 4.69) is 93.7 Å². The van der Waals surface area contributed by atoms with Crippen LogP contribution in [0.2, 0.25) is 0 Å². The van der Waals surface area contributed by atoms with Crippen molar-refractivity contribution in [3.8, 4) is 0 Å². The van der Waals surface area contributed by atoms with E-state index in [1.807, 2.05) is 0 Å². The molecule has 0 aliphatic rings. The fourth-order valence-corrected chi connectivity index (χ4v) is 10.3. The van der Waals surface area contributed by atoms with E-state index in [0.717, 1.165) is 103 Å². The number of carbonyl (C=O) groups excluding carboxylic acids is 3. The van der Waals surface area contributed by atoms with Gasteiger partial charge in [-0.05, 0) is 116 Å². The molecule has 6 nitrogen and oxygen atoms in total. The standard InChI is InChI=1S/C75H134O6/c1-4-7-10-13-16-19-22-25-28-30-31-32-33-34-35-36-37-38-39-40-41-42-43-44-45-46-48-50-53-56-59-62-65-68-74(77)80-71-72(70-79-73(76)67-64-61-58-55-52-49-27-24-21-18-15-12-9-6-3)81-75(78)69-66-63-60-57-54-51-47-29-26-23-20-17-14-11-8-5-2/h20,22-25,27,29-31,33-34,47,72H,4-19,21,26,28,32,35-46,48-71H2,1-3H3/b23-20-,25-22-,27-24-,31-30-,34-33-,47-29-. The van der Waals surface area contributed by atoms with Crippen LogP contribution in [0.3, 0.4) is 0 Å². The second-order valence-corrected chi connectivity index (χ2v) is 23.8. The highest BCUT2D eigenvalue weighted by Crippen LogP contribution is 2.17. The number of hydrogen-bond acceptors (Lipinski definition) is 6. The number of hydrogen-bond donors (Lipinski definition) is 0. The van der Waals surface area contributed by atoms with Gasteiger partial charge < -0.3 is 14.2 Å². The smallest absolute Gasteiger partial charge is 0.306 e. The lowest BCUT2D eigenvalue weighted by molar-refractivity contribution is -0.167. The molecule has 0 amide bonds. The number of rotatable bonds is 65. The van der Waals surface area contributed by atoms with E-state index >= 15 is 0 Å². The van der Waals surface area contributed by atoms with E-state index in [1.165, 1.54) is 225 Å². The third-order valence-corrected chi connectivity index (χ3v) is 15.7. The Hall–Kier alpha value is -3.15. The summed E-state index contributed by atoms with van der Waals surface area (Å²) in [5.74, 6) is -0.885. The molecule has 0 aromatic rings. The molecule has 0 aliphatic carbocycles. The maximum absolute atomic E-state index is 12.9. The zero-order valence-electron chi connectivity index (χ0n) is 54.1. The number of unbranched alkanes of at least 4 members (excludes halogenated alkanes) is 42. The van der Waals surface area contributed by atoms with Crippen molar-refractivity contribution >= 4 is 17.9 Å². The van der Waals surface area contributed by atoms with Crippen molar-refractivity contribution in [3.05, 3.63) is 72.9 Å². The summed E-state index contributed by atoms with van der Waals surface area (Å²) >= 11 is 0. The van der Waals surface area contributed by atoms with Crippen LogP contribution in [0, 0.1) is 0 Å². The van der Waals surface area contributed by atoms with Gasteiger partial charge in [0.25, 0.3) is 0 Å². The summed E-state index contributed by atoms with van der Waals surface area (Å²) in [5, 5.41) is 0. The molecule has 6 heteroatoms. The van der Waals surface area contributed by atoms with Crippen LogP contribution in [0.1, 0.15) is 367 Å². The lowest BCUT2D eigenvalue weighted by Gasteiger charge is -2.18. The molecule has 0 saturated carbocycles. The number of ether oxygens (including phenoxy) is 3. The van der Waals surface area contributed by atoms with Gasteiger partial charge in [0.1, 0.15) is 13.2 Å². The summed E-state index contributed by atoms with van der Waals surface area (Å²) in [7, 11) is 0. The maximum Gasteiger partial charge on any atom is 0.306 e. The van der Waals surface area contributed by atoms with Gasteiger partial charge in [-0.2, -0.15) is 0 Å². The van der Waals surface area contributed by atoms with Gasteiger partial charge in [0.15, 0.2) is 6.10 Å². The van der Waals surface area contributed by atoms with Crippen molar-refractivity contribution in [1.82, 2.24) is 0 Å². The monoisotopic (exact) mass is 1130 g/mol. The Morgan fingerprint density at radius 3 is 0.716 bits per heavy atom. The van der Waals surface area contributed by atoms with E-state index in [0.29, 0.717) is 19.3 Å². The molecule has 0 aromatic carbocycles. The first kappa shape index (κ1) is 77.9. The van der Waals surface area contributed by atoms with Crippen LogP contribution in [0.4, 0.5) is 0 Å². The quantitative estimate of drug-likeness (QED) is 0.0261. The van der Waals surface area contributed by atoms with Crippen LogP contribution in [0.25, 0.3) is 0 Å². The summed E-state index contributed by atoms with van der Waals surface area (Å²) in [6.07, 6.45) is 90.8. The van der Waals surface area contributed by atoms with Gasteiger partial charge in [0.05, 0.1) is 0 Å². The molecule has 0 N–H and O–H groups in total. The molecule has 0 rings (SSSR count). The zero-order valence-corrected chi connectivity index (χ0v) is 54.1. The molecule has 1 unspecified atom stereocenters. The summed E-state index contributed by atoms with van der Waals surface area (Å²) in [4.78, 5) is 38.4. The predicted molar refractivity (Wildman–Crippen MR) is 353 cm³/mol. The minimum absolute atomic E-state index is 0.0804. The fourth-order valence-electron chi connectivity index (χ4n) is 10.3. The van der Waals surface area contributed by atoms with Gasteiger partial charge in [0.2, 0.25) is 0 Å². The first-order chi connectivity index (χ1) is 40.0.